The number of ether oxygens (including phenoxy) is 1. The molecule has 0 bridgehead atoms. The Kier molecular flexibility index (Phi) is 5.13. The Morgan fingerprint density at radius 2 is 1.94 bits per heavy atom. The third-order valence-corrected chi connectivity index (χ3v) is 6.59. The van der Waals surface area contributed by atoms with Gasteiger partial charge in [-0.15, -0.1) is 10.2 Å². The number of aliphatic hydroxyl groups is 1. The fourth-order valence-corrected chi connectivity index (χ4v) is 4.95. The van der Waals surface area contributed by atoms with Crippen LogP contribution in [0.1, 0.15) is 34.7 Å². The maximum atomic E-state index is 13.2. The summed E-state index contributed by atoms with van der Waals surface area (Å²) >= 11 is 1.12. The van der Waals surface area contributed by atoms with Gasteiger partial charge in [0.25, 0.3) is 11.5 Å². The highest BCUT2D eigenvalue weighted by atomic mass is 32.1. The van der Waals surface area contributed by atoms with Crippen LogP contribution in [0.4, 0.5) is 10.8 Å². The van der Waals surface area contributed by atoms with Crippen LogP contribution in [-0.4, -0.2) is 38.0 Å². The Balaban J connectivity index is 1.67. The average molecular weight is 478 g/mol. The van der Waals surface area contributed by atoms with Gasteiger partial charge >= 0.3 is 5.91 Å². The van der Waals surface area contributed by atoms with Crippen LogP contribution in [0.15, 0.2) is 48.0 Å². The number of amides is 1. The van der Waals surface area contributed by atoms with Crippen LogP contribution in [-0.2, 0) is 16.0 Å². The molecule has 1 aromatic heterocycles. The standard InChI is InChI=1S/C23H18N4O6S/c1-11-9-15-10-14(5-8-17(15)33-11)20(28)18-19(13-3-6-16(7-4-13)27(31)32)26(22(30)21(18)29)23-25-24-12(2)34-23/h3-8,10-11,19,28H,9H2,1-2H3/b20-18-. The predicted molar refractivity (Wildman–Crippen MR) is 123 cm³/mol. The third kappa shape index (κ3) is 3.50. The van der Waals surface area contributed by atoms with Gasteiger partial charge in [0.1, 0.15) is 22.6 Å². The molecule has 11 heteroatoms. The number of nitrogens with zero attached hydrogens (tertiary/aromatic N) is 4. The minimum absolute atomic E-state index is 0.00118. The van der Waals surface area contributed by atoms with Crippen molar-refractivity contribution in [2.24, 2.45) is 0 Å². The lowest BCUT2D eigenvalue weighted by Gasteiger charge is -2.22. The van der Waals surface area contributed by atoms with Crippen LogP contribution in [0.25, 0.3) is 5.76 Å². The van der Waals surface area contributed by atoms with E-state index in [4.69, 9.17) is 4.74 Å². The summed E-state index contributed by atoms with van der Waals surface area (Å²) in [7, 11) is 0. The molecule has 1 amide bonds. The van der Waals surface area contributed by atoms with Crippen molar-refractivity contribution in [3.63, 3.8) is 0 Å². The second kappa shape index (κ2) is 8.03. The Hall–Kier alpha value is -4.12. The van der Waals surface area contributed by atoms with E-state index in [2.05, 4.69) is 10.2 Å². The van der Waals surface area contributed by atoms with Gasteiger partial charge in [0.15, 0.2) is 0 Å². The molecule has 3 aromatic rings. The number of aromatic nitrogens is 2. The van der Waals surface area contributed by atoms with Crippen LogP contribution in [0, 0.1) is 17.0 Å². The van der Waals surface area contributed by atoms with Gasteiger partial charge in [0.05, 0.1) is 16.5 Å². The van der Waals surface area contributed by atoms with Gasteiger partial charge < -0.3 is 9.84 Å². The number of aliphatic hydroxyl groups excluding tert-OH is 1. The molecule has 1 N–H and O–H groups in total. The first-order valence-corrected chi connectivity index (χ1v) is 11.2. The van der Waals surface area contributed by atoms with Gasteiger partial charge in [-0.1, -0.05) is 11.3 Å². The maximum absolute atomic E-state index is 13.2. The highest BCUT2D eigenvalue weighted by Crippen LogP contribution is 2.43. The highest BCUT2D eigenvalue weighted by Gasteiger charge is 2.48. The summed E-state index contributed by atoms with van der Waals surface area (Å²) in [6, 6.07) is 9.55. The smallest absolute Gasteiger partial charge is 0.301 e. The number of nitro benzene ring substituents is 1. The lowest BCUT2D eigenvalue weighted by atomic mass is 9.94. The van der Waals surface area contributed by atoms with E-state index in [0.29, 0.717) is 28.3 Å². The Morgan fingerprint density at radius 1 is 1.21 bits per heavy atom. The summed E-state index contributed by atoms with van der Waals surface area (Å²) in [6.07, 6.45) is 0.652. The van der Waals surface area contributed by atoms with Crippen molar-refractivity contribution in [2.75, 3.05) is 4.90 Å². The first kappa shape index (κ1) is 21.7. The molecule has 1 fully saturated rings. The van der Waals surface area contributed by atoms with Crippen LogP contribution in [0.2, 0.25) is 0 Å². The van der Waals surface area contributed by atoms with Gasteiger partial charge in [-0.05, 0) is 55.3 Å². The average Bonchev–Trinajstić information content (AvgIpc) is 3.48. The molecular weight excluding hydrogens is 460 g/mol. The maximum Gasteiger partial charge on any atom is 0.301 e. The quantitative estimate of drug-likeness (QED) is 0.197. The lowest BCUT2D eigenvalue weighted by Crippen LogP contribution is -2.29. The number of aryl methyl sites for hydroxylation is 1. The van der Waals surface area contributed by atoms with Crippen LogP contribution < -0.4 is 9.64 Å². The van der Waals surface area contributed by atoms with Crippen LogP contribution in [0.5, 0.6) is 5.75 Å². The molecule has 3 heterocycles. The summed E-state index contributed by atoms with van der Waals surface area (Å²) in [5.41, 5.74) is 1.41. The lowest BCUT2D eigenvalue weighted by molar-refractivity contribution is -0.384. The molecule has 5 rings (SSSR count). The van der Waals surface area contributed by atoms with E-state index in [1.54, 1.807) is 25.1 Å². The second-order valence-electron chi connectivity index (χ2n) is 8.08. The number of carbonyl (C=O) groups is 2. The van der Waals surface area contributed by atoms with E-state index >= 15 is 0 Å². The number of nitro groups is 1. The number of Topliss-reactive ketones (excluding diaryl/α,β-unsaturated/α-hetero) is 1. The highest BCUT2D eigenvalue weighted by molar-refractivity contribution is 7.15. The minimum atomic E-state index is -1.03. The SMILES string of the molecule is Cc1nnc(N2C(=O)C(=O)/C(=C(\O)c3ccc4c(c3)CC(C)O4)C2c2ccc([N+](=O)[O-])cc2)s1. The van der Waals surface area contributed by atoms with Gasteiger partial charge in [-0.3, -0.25) is 24.6 Å². The topological polar surface area (TPSA) is 136 Å². The molecule has 2 aromatic carbocycles. The molecule has 172 valence electrons. The Bertz CT molecular complexity index is 1380. The van der Waals surface area contributed by atoms with Crippen molar-refractivity contribution in [2.45, 2.75) is 32.4 Å². The van der Waals surface area contributed by atoms with Gasteiger partial charge in [0, 0.05) is 24.1 Å². The molecule has 2 atom stereocenters. The molecule has 2 unspecified atom stereocenters. The zero-order valence-corrected chi connectivity index (χ0v) is 18.9. The molecule has 0 spiro atoms. The molecule has 0 aliphatic carbocycles. The molecule has 2 aliphatic rings. The summed E-state index contributed by atoms with van der Waals surface area (Å²) in [4.78, 5) is 38.0. The van der Waals surface area contributed by atoms with Crippen LogP contribution >= 0.6 is 11.3 Å². The van der Waals surface area contributed by atoms with Crippen molar-refractivity contribution >= 4 is 39.6 Å². The van der Waals surface area contributed by atoms with Crippen molar-refractivity contribution in [1.29, 1.82) is 0 Å². The summed E-state index contributed by atoms with van der Waals surface area (Å²) in [6.45, 7) is 3.65. The number of carbonyl (C=O) groups excluding carboxylic acids is 2. The molecule has 2 aliphatic heterocycles. The van der Waals surface area contributed by atoms with Gasteiger partial charge in [0.2, 0.25) is 5.13 Å². The van der Waals surface area contributed by atoms with Gasteiger partial charge in [-0.25, -0.2) is 0 Å². The van der Waals surface area contributed by atoms with Crippen molar-refractivity contribution in [1.82, 2.24) is 10.2 Å². The monoisotopic (exact) mass is 478 g/mol. The first-order valence-electron chi connectivity index (χ1n) is 10.4. The number of benzene rings is 2. The van der Waals surface area contributed by atoms with E-state index in [-0.39, 0.29) is 28.3 Å². The van der Waals surface area contributed by atoms with Gasteiger partial charge in [-0.2, -0.15) is 0 Å². The number of hydrogen-bond donors (Lipinski definition) is 1. The third-order valence-electron chi connectivity index (χ3n) is 5.75. The molecule has 0 saturated carbocycles. The van der Waals surface area contributed by atoms with Crippen molar-refractivity contribution in [3.05, 3.63) is 79.8 Å². The number of non-ortho nitro benzene ring substituents is 1. The predicted octanol–water partition coefficient (Wildman–Crippen LogP) is 3.70. The second-order valence-corrected chi connectivity index (χ2v) is 9.24. The molecule has 34 heavy (non-hydrogen) atoms. The zero-order valence-electron chi connectivity index (χ0n) is 18.1. The zero-order chi connectivity index (χ0) is 24.1. The fourth-order valence-electron chi connectivity index (χ4n) is 4.23. The molecular formula is C23H18N4O6S. The number of fused-ring (bicyclic) bond motifs is 1. The first-order chi connectivity index (χ1) is 16.2. The summed E-state index contributed by atoms with van der Waals surface area (Å²) < 4.78 is 5.71. The number of hydrogen-bond acceptors (Lipinski definition) is 9. The van der Waals surface area contributed by atoms with E-state index in [1.807, 2.05) is 6.92 Å². The van der Waals surface area contributed by atoms with Crippen molar-refractivity contribution in [3.8, 4) is 5.75 Å². The molecule has 1 saturated heterocycles. The Morgan fingerprint density at radius 3 is 2.59 bits per heavy atom. The number of ketones is 1. The fraction of sp³-hybridized carbons (Fsp3) is 0.217. The molecule has 10 nitrogen and oxygen atoms in total. The van der Waals surface area contributed by atoms with Crippen molar-refractivity contribution < 1.29 is 24.4 Å². The molecule has 0 radical (unpaired) electrons. The minimum Gasteiger partial charge on any atom is -0.507 e. The van der Waals surface area contributed by atoms with E-state index in [0.717, 1.165) is 16.9 Å². The van der Waals surface area contributed by atoms with E-state index < -0.39 is 22.7 Å². The van der Waals surface area contributed by atoms with E-state index in [9.17, 15) is 24.8 Å². The van der Waals surface area contributed by atoms with Crippen LogP contribution in [0.3, 0.4) is 0 Å². The summed E-state index contributed by atoms with van der Waals surface area (Å²) in [5, 5.41) is 31.1. The number of rotatable bonds is 4. The normalized spacial score (nSPS) is 20.9. The summed E-state index contributed by atoms with van der Waals surface area (Å²) in [5.74, 6) is -1.37. The van der Waals surface area contributed by atoms with E-state index in [1.165, 1.54) is 29.2 Å². The Labute approximate surface area is 197 Å². The largest absolute Gasteiger partial charge is 0.507 e. The number of anilines is 1.